The fourth-order valence-corrected chi connectivity index (χ4v) is 6.94. The zero-order chi connectivity index (χ0) is 40.8. The molecule has 10 heteroatoms. The summed E-state index contributed by atoms with van der Waals surface area (Å²) < 4.78 is 31.0. The van der Waals surface area contributed by atoms with Gasteiger partial charge in [0.15, 0.2) is 6.54 Å². The number of ether oxygens (including phenoxy) is 5. The summed E-state index contributed by atoms with van der Waals surface area (Å²) in [6.07, 6.45) is 30.2. The Morgan fingerprint density at radius 1 is 0.509 bits per heavy atom. The third-order valence-electron chi connectivity index (χ3n) is 10.7. The lowest BCUT2D eigenvalue weighted by atomic mass is 9.84. The van der Waals surface area contributed by atoms with Crippen LogP contribution in [0.4, 0.5) is 0 Å². The Kier molecular flexibility index (Phi) is 36.1. The zero-order valence-corrected chi connectivity index (χ0v) is 37.2. The topological polar surface area (TPSA) is 101 Å². The molecule has 55 heavy (non-hydrogen) atoms. The number of hydrogen-bond donors (Lipinski definition) is 1. The summed E-state index contributed by atoms with van der Waals surface area (Å²) in [4.78, 5) is 22.2. The van der Waals surface area contributed by atoms with Crippen LogP contribution in [-0.4, -0.2) is 134 Å². The van der Waals surface area contributed by atoms with Gasteiger partial charge in [-0.25, -0.2) is 4.79 Å². The maximum absolute atomic E-state index is 11.4. The molecule has 0 saturated carbocycles. The number of quaternary nitrogens is 2. The molecule has 328 valence electrons. The van der Waals surface area contributed by atoms with E-state index < -0.39 is 5.97 Å². The second-order valence-corrected chi connectivity index (χ2v) is 17.7. The third kappa shape index (κ3) is 36.8. The highest BCUT2D eigenvalue weighted by atomic mass is 16.5. The Morgan fingerprint density at radius 3 is 1.29 bits per heavy atom. The lowest BCUT2D eigenvalue weighted by molar-refractivity contribution is -0.907. The molecule has 1 N–H and O–H groups in total. The van der Waals surface area contributed by atoms with Crippen LogP contribution in [0, 0.1) is 5.41 Å². The third-order valence-corrected chi connectivity index (χ3v) is 10.7. The van der Waals surface area contributed by atoms with Crippen molar-refractivity contribution in [3.63, 3.8) is 0 Å². The van der Waals surface area contributed by atoms with Gasteiger partial charge < -0.3 is 33.3 Å². The van der Waals surface area contributed by atoms with E-state index in [0.29, 0.717) is 68.3 Å². The molecule has 0 aromatic rings. The molecule has 0 rings (SSSR count). The van der Waals surface area contributed by atoms with Crippen molar-refractivity contribution in [2.75, 3.05) is 107 Å². The van der Waals surface area contributed by atoms with Crippen LogP contribution in [0.25, 0.3) is 0 Å². The molecule has 0 unspecified atom stereocenters. The number of rotatable bonds is 45. The summed E-state index contributed by atoms with van der Waals surface area (Å²) in [6.45, 7) is 11.9. The van der Waals surface area contributed by atoms with Gasteiger partial charge in [-0.15, -0.1) is 0 Å². The zero-order valence-electron chi connectivity index (χ0n) is 37.2. The lowest BCUT2D eigenvalue weighted by Gasteiger charge is -2.35. The number of carboxylic acid groups (broad SMARTS) is 1. The predicted octanol–water partition coefficient (Wildman–Crippen LogP) is 9.81. The SMILES string of the molecule is CCCCCCCCCCCCCCOC[C@@](CCCCCCCCOCCCCCCC)(COCC[N+](C)(C)COC=O)COCC[N+](C)(C)CC(=O)O. The minimum absolute atomic E-state index is 0.0623. The van der Waals surface area contributed by atoms with Gasteiger partial charge in [0.2, 0.25) is 6.73 Å². The van der Waals surface area contributed by atoms with Crippen molar-refractivity contribution in [1.29, 1.82) is 0 Å². The van der Waals surface area contributed by atoms with Gasteiger partial charge in [0.05, 0.1) is 61.2 Å². The summed E-state index contributed by atoms with van der Waals surface area (Å²) in [5.74, 6) is -0.802. The predicted molar refractivity (Wildman–Crippen MR) is 226 cm³/mol. The van der Waals surface area contributed by atoms with E-state index in [2.05, 4.69) is 13.8 Å². The van der Waals surface area contributed by atoms with Crippen molar-refractivity contribution >= 4 is 12.4 Å². The number of aliphatic carboxylic acids is 1. The number of carboxylic acids is 1. The summed E-state index contributed by atoms with van der Waals surface area (Å²) >= 11 is 0. The first-order valence-electron chi connectivity index (χ1n) is 22.7. The van der Waals surface area contributed by atoms with E-state index in [9.17, 15) is 14.7 Å². The van der Waals surface area contributed by atoms with Gasteiger partial charge in [-0.1, -0.05) is 142 Å². The van der Waals surface area contributed by atoms with Crippen LogP contribution in [0.3, 0.4) is 0 Å². The number of hydrogen-bond acceptors (Lipinski definition) is 7. The Morgan fingerprint density at radius 2 is 0.873 bits per heavy atom. The van der Waals surface area contributed by atoms with Crippen molar-refractivity contribution in [3.05, 3.63) is 0 Å². The van der Waals surface area contributed by atoms with Crippen LogP contribution in [0.15, 0.2) is 0 Å². The van der Waals surface area contributed by atoms with Gasteiger partial charge in [-0.2, -0.15) is 0 Å². The monoisotopic (exact) mass is 789 g/mol. The maximum Gasteiger partial charge on any atom is 0.359 e. The van der Waals surface area contributed by atoms with E-state index >= 15 is 0 Å². The normalized spacial score (nSPS) is 13.3. The lowest BCUT2D eigenvalue weighted by Crippen LogP contribution is -2.47. The summed E-state index contributed by atoms with van der Waals surface area (Å²) in [6, 6.07) is 0. The summed E-state index contributed by atoms with van der Waals surface area (Å²) in [7, 11) is 7.92. The fourth-order valence-electron chi connectivity index (χ4n) is 6.94. The first kappa shape index (κ1) is 53.7. The highest BCUT2D eigenvalue weighted by molar-refractivity contribution is 5.67. The highest BCUT2D eigenvalue weighted by Crippen LogP contribution is 2.28. The minimum Gasteiger partial charge on any atom is -0.477 e. The molecule has 0 saturated heterocycles. The Balaban J connectivity index is 5.07. The fraction of sp³-hybridized carbons (Fsp3) is 0.956. The average molecular weight is 789 g/mol. The Hall–Kier alpha value is -1.30. The molecule has 0 radical (unpaired) electrons. The van der Waals surface area contributed by atoms with E-state index in [1.54, 1.807) is 0 Å². The number of carbonyl (C=O) groups is 2. The van der Waals surface area contributed by atoms with Gasteiger partial charge in [-0.05, 0) is 25.7 Å². The maximum atomic E-state index is 11.4. The summed E-state index contributed by atoms with van der Waals surface area (Å²) in [5, 5.41) is 9.35. The van der Waals surface area contributed by atoms with Crippen LogP contribution in [0.5, 0.6) is 0 Å². The molecule has 10 nitrogen and oxygen atoms in total. The molecule has 0 aromatic carbocycles. The van der Waals surface area contributed by atoms with Gasteiger partial charge in [-0.3, -0.25) is 9.28 Å². The number of likely N-dealkylation sites (N-methyl/N-ethyl adjacent to an activating group) is 2. The molecule has 0 aliphatic carbocycles. The van der Waals surface area contributed by atoms with Gasteiger partial charge >= 0.3 is 5.97 Å². The molecule has 0 fully saturated rings. The first-order valence-corrected chi connectivity index (χ1v) is 22.7. The van der Waals surface area contributed by atoms with Gasteiger partial charge in [0.25, 0.3) is 6.47 Å². The number of unbranched alkanes of at least 4 members (excludes halogenated alkanes) is 20. The van der Waals surface area contributed by atoms with Crippen LogP contribution >= 0.6 is 0 Å². The van der Waals surface area contributed by atoms with Crippen LogP contribution in [0.2, 0.25) is 0 Å². The molecule has 1 atom stereocenters. The van der Waals surface area contributed by atoms with Crippen molar-refractivity contribution in [2.45, 2.75) is 168 Å². The molecule has 0 heterocycles. The van der Waals surface area contributed by atoms with Crippen molar-refractivity contribution in [2.24, 2.45) is 5.41 Å². The quantitative estimate of drug-likeness (QED) is 0.0282. The van der Waals surface area contributed by atoms with E-state index in [1.165, 1.54) is 122 Å². The van der Waals surface area contributed by atoms with Gasteiger partial charge in [0.1, 0.15) is 13.1 Å². The Bertz CT molecular complexity index is 825. The first-order chi connectivity index (χ1) is 26.5. The molecule has 0 bridgehead atoms. The van der Waals surface area contributed by atoms with Crippen molar-refractivity contribution in [1.82, 2.24) is 0 Å². The van der Waals surface area contributed by atoms with Crippen molar-refractivity contribution < 1.29 is 47.3 Å². The van der Waals surface area contributed by atoms with E-state index in [-0.39, 0.29) is 12.0 Å². The standard InChI is InChI=1S/C45H91N2O8/c1-7-9-11-13-14-15-16-17-18-20-25-29-35-52-39-45(40-53-36-31-46(3,4)38-44(49)50,41-54-37-32-47(5,6)42-55-43-48)30-26-22-19-21-24-28-34-51-33-27-23-12-10-8-2/h43H,7-42H2,1-6H3/q+1/p+1/t45-/m1/s1. The smallest absolute Gasteiger partial charge is 0.359 e. The molecule has 0 amide bonds. The largest absolute Gasteiger partial charge is 0.477 e. The molecule has 0 aliphatic rings. The van der Waals surface area contributed by atoms with Crippen LogP contribution < -0.4 is 0 Å². The van der Waals surface area contributed by atoms with Crippen molar-refractivity contribution in [3.8, 4) is 0 Å². The Labute approximate surface area is 339 Å². The van der Waals surface area contributed by atoms with E-state index in [1.807, 2.05) is 28.2 Å². The molecular formula is C45H92N2O8+2. The number of nitrogens with zero attached hydrogens (tertiary/aromatic N) is 2. The van der Waals surface area contributed by atoms with Crippen LogP contribution in [0.1, 0.15) is 168 Å². The van der Waals surface area contributed by atoms with Gasteiger partial charge in [0, 0.05) is 25.2 Å². The average Bonchev–Trinajstić information content (AvgIpc) is 3.14. The molecule has 0 aromatic heterocycles. The molecule has 0 spiro atoms. The second kappa shape index (κ2) is 37.0. The molecular weight excluding hydrogens is 697 g/mol. The summed E-state index contributed by atoms with van der Waals surface area (Å²) in [5.41, 5.74) is -0.289. The van der Waals surface area contributed by atoms with E-state index in [0.717, 1.165) is 51.9 Å². The van der Waals surface area contributed by atoms with Crippen LogP contribution in [-0.2, 0) is 33.3 Å². The van der Waals surface area contributed by atoms with E-state index in [4.69, 9.17) is 23.7 Å². The molecule has 0 aliphatic heterocycles. The number of carbonyl (C=O) groups excluding carboxylic acids is 1. The highest BCUT2D eigenvalue weighted by Gasteiger charge is 2.32. The second-order valence-electron chi connectivity index (χ2n) is 17.7. The minimum atomic E-state index is -0.802.